The lowest BCUT2D eigenvalue weighted by Crippen LogP contribution is -2.03. The molecule has 6 nitrogen and oxygen atoms in total. The lowest BCUT2D eigenvalue weighted by molar-refractivity contribution is -0.384. The first-order valence-corrected chi connectivity index (χ1v) is 8.01. The van der Waals surface area contributed by atoms with Crippen LogP contribution in [0.2, 0.25) is 0 Å². The Kier molecular flexibility index (Phi) is 6.42. The predicted molar refractivity (Wildman–Crippen MR) is 93.8 cm³/mol. The molecule has 2 aromatic rings. The van der Waals surface area contributed by atoms with Crippen LogP contribution in [-0.2, 0) is 6.54 Å². The van der Waals surface area contributed by atoms with Crippen LogP contribution in [0, 0.1) is 10.1 Å². The smallest absolute Gasteiger partial charge is 0.271 e. The molecule has 6 heteroatoms. The van der Waals surface area contributed by atoms with Crippen LogP contribution < -0.4 is 14.8 Å². The Labute approximate surface area is 141 Å². The molecule has 0 unspecified atom stereocenters. The highest BCUT2D eigenvalue weighted by molar-refractivity contribution is 5.52. The maximum Gasteiger partial charge on any atom is 0.271 e. The van der Waals surface area contributed by atoms with E-state index >= 15 is 0 Å². The second kappa shape index (κ2) is 8.76. The SMILES string of the molecule is CCCOc1ccc(CNc2cccc([N+](=O)[O-])c2)cc1OCC. The first-order chi connectivity index (χ1) is 11.6. The van der Waals surface area contributed by atoms with Crippen molar-refractivity contribution in [2.45, 2.75) is 26.8 Å². The van der Waals surface area contributed by atoms with E-state index in [0.29, 0.717) is 31.2 Å². The van der Waals surface area contributed by atoms with Gasteiger partial charge in [0.15, 0.2) is 11.5 Å². The summed E-state index contributed by atoms with van der Waals surface area (Å²) in [6.45, 7) is 5.72. The Morgan fingerprint density at radius 2 is 1.92 bits per heavy atom. The van der Waals surface area contributed by atoms with Crippen LogP contribution in [0.1, 0.15) is 25.8 Å². The van der Waals surface area contributed by atoms with Crippen LogP contribution in [0.5, 0.6) is 11.5 Å². The van der Waals surface area contributed by atoms with Crippen LogP contribution in [0.3, 0.4) is 0 Å². The van der Waals surface area contributed by atoms with E-state index in [4.69, 9.17) is 9.47 Å². The van der Waals surface area contributed by atoms with Gasteiger partial charge in [0.2, 0.25) is 0 Å². The van der Waals surface area contributed by atoms with Crippen molar-refractivity contribution in [3.05, 3.63) is 58.1 Å². The van der Waals surface area contributed by atoms with E-state index in [2.05, 4.69) is 12.2 Å². The number of ether oxygens (including phenoxy) is 2. The van der Waals surface area contributed by atoms with Crippen molar-refractivity contribution in [3.8, 4) is 11.5 Å². The van der Waals surface area contributed by atoms with Gasteiger partial charge in [0, 0.05) is 24.4 Å². The summed E-state index contributed by atoms with van der Waals surface area (Å²) in [6, 6.07) is 12.2. The van der Waals surface area contributed by atoms with Gasteiger partial charge in [-0.05, 0) is 37.1 Å². The van der Waals surface area contributed by atoms with Crippen molar-refractivity contribution in [2.24, 2.45) is 0 Å². The van der Waals surface area contributed by atoms with Gasteiger partial charge in [-0.15, -0.1) is 0 Å². The van der Waals surface area contributed by atoms with E-state index in [0.717, 1.165) is 17.7 Å². The molecule has 0 saturated heterocycles. The van der Waals surface area contributed by atoms with Crippen molar-refractivity contribution in [1.82, 2.24) is 0 Å². The third-order valence-electron chi connectivity index (χ3n) is 3.32. The number of rotatable bonds is 9. The Morgan fingerprint density at radius 1 is 1.08 bits per heavy atom. The molecule has 0 spiro atoms. The van der Waals surface area contributed by atoms with Gasteiger partial charge in [-0.2, -0.15) is 0 Å². The largest absolute Gasteiger partial charge is 0.490 e. The van der Waals surface area contributed by atoms with Crippen LogP contribution in [0.25, 0.3) is 0 Å². The summed E-state index contributed by atoms with van der Waals surface area (Å²) in [5.41, 5.74) is 1.78. The predicted octanol–water partition coefficient (Wildman–Crippen LogP) is 4.39. The lowest BCUT2D eigenvalue weighted by Gasteiger charge is -2.13. The van der Waals surface area contributed by atoms with Crippen molar-refractivity contribution in [2.75, 3.05) is 18.5 Å². The summed E-state index contributed by atoms with van der Waals surface area (Å²) >= 11 is 0. The second-order valence-electron chi connectivity index (χ2n) is 5.22. The van der Waals surface area contributed by atoms with E-state index in [9.17, 15) is 10.1 Å². The molecule has 0 fully saturated rings. The fourth-order valence-corrected chi connectivity index (χ4v) is 2.20. The van der Waals surface area contributed by atoms with Crippen molar-refractivity contribution in [1.29, 1.82) is 0 Å². The summed E-state index contributed by atoms with van der Waals surface area (Å²) in [7, 11) is 0. The number of nitrogens with one attached hydrogen (secondary N) is 1. The topological polar surface area (TPSA) is 73.6 Å². The number of benzene rings is 2. The van der Waals surface area contributed by atoms with Crippen molar-refractivity contribution in [3.63, 3.8) is 0 Å². The Morgan fingerprint density at radius 3 is 2.62 bits per heavy atom. The molecule has 0 aromatic heterocycles. The third-order valence-corrected chi connectivity index (χ3v) is 3.32. The maximum absolute atomic E-state index is 10.8. The first-order valence-electron chi connectivity index (χ1n) is 8.01. The summed E-state index contributed by atoms with van der Waals surface area (Å²) < 4.78 is 11.3. The van der Waals surface area contributed by atoms with E-state index in [1.807, 2.05) is 25.1 Å². The average Bonchev–Trinajstić information content (AvgIpc) is 2.59. The van der Waals surface area contributed by atoms with Gasteiger partial charge in [-0.1, -0.05) is 19.1 Å². The van der Waals surface area contributed by atoms with Gasteiger partial charge in [-0.25, -0.2) is 0 Å². The number of non-ortho nitro benzene ring substituents is 1. The van der Waals surface area contributed by atoms with Crippen molar-refractivity contribution >= 4 is 11.4 Å². The van der Waals surface area contributed by atoms with Gasteiger partial charge in [-0.3, -0.25) is 10.1 Å². The van der Waals surface area contributed by atoms with E-state index in [-0.39, 0.29) is 5.69 Å². The number of anilines is 1. The fourth-order valence-electron chi connectivity index (χ4n) is 2.20. The van der Waals surface area contributed by atoms with Gasteiger partial charge >= 0.3 is 0 Å². The number of hydrogen-bond donors (Lipinski definition) is 1. The molecule has 0 aliphatic carbocycles. The number of nitro groups is 1. The minimum Gasteiger partial charge on any atom is -0.490 e. The monoisotopic (exact) mass is 330 g/mol. The minimum absolute atomic E-state index is 0.0679. The molecule has 1 N–H and O–H groups in total. The molecule has 24 heavy (non-hydrogen) atoms. The van der Waals surface area contributed by atoms with Crippen molar-refractivity contribution < 1.29 is 14.4 Å². The molecule has 0 saturated carbocycles. The van der Waals surface area contributed by atoms with Gasteiger partial charge in [0.05, 0.1) is 18.1 Å². The number of hydrogen-bond acceptors (Lipinski definition) is 5. The number of nitro benzene ring substituents is 1. The lowest BCUT2D eigenvalue weighted by atomic mass is 10.2. The molecule has 2 rings (SSSR count). The van der Waals surface area contributed by atoms with Crippen LogP contribution in [0.15, 0.2) is 42.5 Å². The standard InChI is InChI=1S/C18H22N2O4/c1-3-10-24-17-9-8-14(11-18(17)23-4-2)13-19-15-6-5-7-16(12-15)20(21)22/h5-9,11-12,19H,3-4,10,13H2,1-2H3. The quantitative estimate of drug-likeness (QED) is 0.545. The zero-order valence-corrected chi connectivity index (χ0v) is 14.0. The molecule has 0 amide bonds. The zero-order valence-electron chi connectivity index (χ0n) is 14.0. The molecule has 0 bridgehead atoms. The molecular weight excluding hydrogens is 308 g/mol. The highest BCUT2D eigenvalue weighted by Gasteiger charge is 2.08. The number of nitrogens with zero attached hydrogens (tertiary/aromatic N) is 1. The average molecular weight is 330 g/mol. The normalized spacial score (nSPS) is 10.2. The zero-order chi connectivity index (χ0) is 17.4. The van der Waals surface area contributed by atoms with Gasteiger partial charge in [0.1, 0.15) is 0 Å². The van der Waals surface area contributed by atoms with E-state index in [1.165, 1.54) is 12.1 Å². The van der Waals surface area contributed by atoms with E-state index in [1.54, 1.807) is 12.1 Å². The molecule has 128 valence electrons. The van der Waals surface area contributed by atoms with Crippen LogP contribution in [-0.4, -0.2) is 18.1 Å². The molecule has 0 atom stereocenters. The van der Waals surface area contributed by atoms with Crippen LogP contribution >= 0.6 is 0 Å². The maximum atomic E-state index is 10.8. The summed E-state index contributed by atoms with van der Waals surface area (Å²) in [6.07, 6.45) is 0.932. The Hall–Kier alpha value is -2.76. The first kappa shape index (κ1) is 17.6. The summed E-state index contributed by atoms with van der Waals surface area (Å²) in [5.74, 6) is 1.45. The second-order valence-corrected chi connectivity index (χ2v) is 5.22. The Balaban J connectivity index is 2.07. The third kappa shape index (κ3) is 4.87. The molecule has 0 heterocycles. The molecule has 0 aliphatic heterocycles. The Bertz CT molecular complexity index is 688. The highest BCUT2D eigenvalue weighted by atomic mass is 16.6. The molecular formula is C18H22N2O4. The summed E-state index contributed by atoms with van der Waals surface area (Å²) in [5, 5.41) is 14.0. The van der Waals surface area contributed by atoms with Gasteiger partial charge < -0.3 is 14.8 Å². The highest BCUT2D eigenvalue weighted by Crippen LogP contribution is 2.29. The molecule has 2 aromatic carbocycles. The fraction of sp³-hybridized carbons (Fsp3) is 0.333. The summed E-state index contributed by atoms with van der Waals surface area (Å²) in [4.78, 5) is 10.4. The van der Waals surface area contributed by atoms with E-state index < -0.39 is 4.92 Å². The minimum atomic E-state index is -0.405. The van der Waals surface area contributed by atoms with Gasteiger partial charge in [0.25, 0.3) is 5.69 Å². The van der Waals surface area contributed by atoms with Crippen LogP contribution in [0.4, 0.5) is 11.4 Å². The molecule has 0 radical (unpaired) electrons. The molecule has 0 aliphatic rings.